The van der Waals surface area contributed by atoms with E-state index < -0.39 is 5.60 Å². The fourth-order valence-corrected chi connectivity index (χ4v) is 4.67. The summed E-state index contributed by atoms with van der Waals surface area (Å²) in [6, 6.07) is 2.60. The van der Waals surface area contributed by atoms with Crippen molar-refractivity contribution in [1.29, 1.82) is 0 Å². The van der Waals surface area contributed by atoms with Crippen molar-refractivity contribution in [2.45, 2.75) is 38.3 Å². The second-order valence-electron chi connectivity index (χ2n) is 8.20. The lowest BCUT2D eigenvalue weighted by molar-refractivity contribution is 0.0413. The molecule has 2 aliphatic rings. The third kappa shape index (κ3) is 2.89. The molecule has 6 nitrogen and oxygen atoms in total. The van der Waals surface area contributed by atoms with Crippen molar-refractivity contribution in [3.8, 4) is 0 Å². The number of fused-ring (bicyclic) bond motifs is 2. The smallest absolute Gasteiger partial charge is 0.142 e. The molecule has 2 aromatic rings. The van der Waals surface area contributed by atoms with Gasteiger partial charge in [-0.05, 0) is 44.6 Å². The molecule has 0 amide bonds. The van der Waals surface area contributed by atoms with E-state index in [1.54, 1.807) is 6.33 Å². The molecule has 6 heteroatoms. The number of aromatic nitrogens is 3. The van der Waals surface area contributed by atoms with Gasteiger partial charge in [0.2, 0.25) is 0 Å². The molecule has 0 radical (unpaired) electrons. The summed E-state index contributed by atoms with van der Waals surface area (Å²) in [6.07, 6.45) is 5.99. The van der Waals surface area contributed by atoms with Crippen molar-refractivity contribution in [1.82, 2.24) is 19.9 Å². The SMILES string of the molecule is CN(c1ncnc2[nH]ccc12)[C@@H]1C[C@@H]2CN(CC(C)(C)O)C[C@@H]2C1. The first kappa shape index (κ1) is 15.8. The maximum absolute atomic E-state index is 10.0. The Morgan fingerprint density at radius 1 is 1.29 bits per heavy atom. The van der Waals surface area contributed by atoms with E-state index in [0.717, 1.165) is 48.3 Å². The van der Waals surface area contributed by atoms with Crippen LogP contribution in [0.5, 0.6) is 0 Å². The summed E-state index contributed by atoms with van der Waals surface area (Å²) in [5.41, 5.74) is 0.303. The summed E-state index contributed by atoms with van der Waals surface area (Å²) in [5, 5.41) is 11.1. The number of likely N-dealkylation sites (tertiary alicyclic amines) is 1. The Hall–Kier alpha value is -1.66. The first-order valence-corrected chi connectivity index (χ1v) is 8.86. The maximum Gasteiger partial charge on any atom is 0.142 e. The standard InChI is InChI=1S/C18H27N5O/c1-18(2,24)10-23-8-12-6-14(7-13(12)9-23)22(3)17-15-4-5-19-16(15)20-11-21-17/h4-5,11-14,24H,6-10H2,1-3H3,(H,19,20,21)/t12-,13+,14-. The molecule has 1 saturated carbocycles. The van der Waals surface area contributed by atoms with Gasteiger partial charge in [-0.25, -0.2) is 9.97 Å². The van der Waals surface area contributed by atoms with Gasteiger partial charge in [0.1, 0.15) is 17.8 Å². The summed E-state index contributed by atoms with van der Waals surface area (Å²) in [4.78, 5) is 16.8. The summed E-state index contributed by atoms with van der Waals surface area (Å²) in [6.45, 7) is 6.80. The van der Waals surface area contributed by atoms with Gasteiger partial charge in [-0.2, -0.15) is 0 Å². The van der Waals surface area contributed by atoms with E-state index >= 15 is 0 Å². The van der Waals surface area contributed by atoms with Crippen molar-refractivity contribution in [3.63, 3.8) is 0 Å². The predicted molar refractivity (Wildman–Crippen MR) is 95.0 cm³/mol. The third-order valence-electron chi connectivity index (χ3n) is 5.63. The number of H-pyrrole nitrogens is 1. The van der Waals surface area contributed by atoms with Gasteiger partial charge in [0.15, 0.2) is 0 Å². The van der Waals surface area contributed by atoms with E-state index in [1.807, 2.05) is 20.0 Å². The number of nitrogens with zero attached hydrogens (tertiary/aromatic N) is 4. The topological polar surface area (TPSA) is 68.3 Å². The second kappa shape index (κ2) is 5.70. The number of aliphatic hydroxyl groups is 1. The van der Waals surface area contributed by atoms with Crippen LogP contribution in [-0.4, -0.2) is 63.3 Å². The van der Waals surface area contributed by atoms with Crippen LogP contribution < -0.4 is 4.90 Å². The van der Waals surface area contributed by atoms with Gasteiger partial charge in [-0.1, -0.05) is 0 Å². The minimum Gasteiger partial charge on any atom is -0.389 e. The molecule has 3 heterocycles. The Kier molecular flexibility index (Phi) is 3.77. The molecule has 2 N–H and O–H groups in total. The number of anilines is 1. The van der Waals surface area contributed by atoms with Crippen LogP contribution in [0.4, 0.5) is 5.82 Å². The summed E-state index contributed by atoms with van der Waals surface area (Å²) in [5.74, 6) is 2.51. The fraction of sp³-hybridized carbons (Fsp3) is 0.667. The van der Waals surface area contributed by atoms with Gasteiger partial charge in [0.05, 0.1) is 11.0 Å². The largest absolute Gasteiger partial charge is 0.389 e. The van der Waals surface area contributed by atoms with Crippen LogP contribution in [0.25, 0.3) is 11.0 Å². The minimum atomic E-state index is -0.602. The third-order valence-corrected chi connectivity index (χ3v) is 5.63. The highest BCUT2D eigenvalue weighted by molar-refractivity contribution is 5.87. The molecule has 24 heavy (non-hydrogen) atoms. The van der Waals surface area contributed by atoms with Crippen LogP contribution in [0.1, 0.15) is 26.7 Å². The normalized spacial score (nSPS) is 27.8. The number of β-amino-alcohol motifs (C(OH)–C–C–N with tert-alkyl or cyclic N) is 1. The molecule has 0 bridgehead atoms. The van der Waals surface area contributed by atoms with Crippen LogP contribution >= 0.6 is 0 Å². The van der Waals surface area contributed by atoms with Crippen LogP contribution in [-0.2, 0) is 0 Å². The molecular formula is C18H27N5O. The van der Waals surface area contributed by atoms with Gasteiger partial charge in [0.25, 0.3) is 0 Å². The Morgan fingerprint density at radius 3 is 2.67 bits per heavy atom. The summed E-state index contributed by atoms with van der Waals surface area (Å²) >= 11 is 0. The van der Waals surface area contributed by atoms with Gasteiger partial charge >= 0.3 is 0 Å². The van der Waals surface area contributed by atoms with Crippen molar-refractivity contribution in [2.75, 3.05) is 31.6 Å². The minimum absolute atomic E-state index is 0.539. The second-order valence-corrected chi connectivity index (χ2v) is 8.20. The van der Waals surface area contributed by atoms with Crippen molar-refractivity contribution in [2.24, 2.45) is 11.8 Å². The molecule has 2 fully saturated rings. The van der Waals surface area contributed by atoms with E-state index in [0.29, 0.717) is 6.04 Å². The zero-order valence-corrected chi connectivity index (χ0v) is 14.7. The van der Waals surface area contributed by atoms with E-state index in [2.05, 4.69) is 37.9 Å². The van der Waals surface area contributed by atoms with E-state index in [-0.39, 0.29) is 0 Å². The number of rotatable bonds is 4. The van der Waals surface area contributed by atoms with Crippen molar-refractivity contribution >= 4 is 16.9 Å². The van der Waals surface area contributed by atoms with Gasteiger partial charge in [-0.3, -0.25) is 4.90 Å². The first-order valence-electron chi connectivity index (χ1n) is 8.86. The highest BCUT2D eigenvalue weighted by atomic mass is 16.3. The quantitative estimate of drug-likeness (QED) is 0.896. The highest BCUT2D eigenvalue weighted by Crippen LogP contribution is 2.41. The molecule has 0 unspecified atom stereocenters. The average Bonchev–Trinajstić information content (AvgIpc) is 3.17. The molecule has 1 aliphatic heterocycles. The summed E-state index contributed by atoms with van der Waals surface area (Å²) < 4.78 is 0. The Bertz CT molecular complexity index is 708. The Morgan fingerprint density at radius 2 is 2.00 bits per heavy atom. The molecule has 0 spiro atoms. The van der Waals surface area contributed by atoms with Gasteiger partial charge in [0, 0.05) is 38.9 Å². The molecule has 1 saturated heterocycles. The molecule has 0 aromatic carbocycles. The van der Waals surface area contributed by atoms with Crippen LogP contribution in [0.2, 0.25) is 0 Å². The van der Waals surface area contributed by atoms with E-state index in [4.69, 9.17) is 0 Å². The lowest BCUT2D eigenvalue weighted by atomic mass is 10.0. The molecule has 4 rings (SSSR count). The molecule has 1 aliphatic carbocycles. The van der Waals surface area contributed by atoms with Crippen LogP contribution in [0, 0.1) is 11.8 Å². The predicted octanol–water partition coefficient (Wildman–Crippen LogP) is 1.88. The molecule has 3 atom stereocenters. The first-order chi connectivity index (χ1) is 11.4. The molecular weight excluding hydrogens is 302 g/mol. The zero-order chi connectivity index (χ0) is 16.9. The highest BCUT2D eigenvalue weighted by Gasteiger charge is 2.43. The zero-order valence-electron chi connectivity index (χ0n) is 14.7. The van der Waals surface area contributed by atoms with Crippen LogP contribution in [0.3, 0.4) is 0 Å². The van der Waals surface area contributed by atoms with Crippen LogP contribution in [0.15, 0.2) is 18.6 Å². The Balaban J connectivity index is 1.44. The van der Waals surface area contributed by atoms with E-state index in [1.165, 1.54) is 12.8 Å². The Labute approximate surface area is 142 Å². The van der Waals surface area contributed by atoms with Gasteiger partial charge < -0.3 is 15.0 Å². The number of aromatic amines is 1. The lowest BCUT2D eigenvalue weighted by Crippen LogP contribution is -2.39. The van der Waals surface area contributed by atoms with Crippen molar-refractivity contribution in [3.05, 3.63) is 18.6 Å². The fourth-order valence-electron chi connectivity index (χ4n) is 4.67. The molecule has 130 valence electrons. The lowest BCUT2D eigenvalue weighted by Gasteiger charge is -2.29. The molecule has 2 aromatic heterocycles. The van der Waals surface area contributed by atoms with Crippen molar-refractivity contribution < 1.29 is 5.11 Å². The summed E-state index contributed by atoms with van der Waals surface area (Å²) in [7, 11) is 2.16. The monoisotopic (exact) mass is 329 g/mol. The average molecular weight is 329 g/mol. The van der Waals surface area contributed by atoms with Gasteiger partial charge in [-0.15, -0.1) is 0 Å². The number of hydrogen-bond acceptors (Lipinski definition) is 5. The van der Waals surface area contributed by atoms with E-state index in [9.17, 15) is 5.11 Å². The number of hydrogen-bond donors (Lipinski definition) is 2. The number of nitrogens with one attached hydrogen (secondary N) is 1. The maximum atomic E-state index is 10.0.